The second-order valence-corrected chi connectivity index (χ2v) is 5.75. The summed E-state index contributed by atoms with van der Waals surface area (Å²) in [5, 5.41) is 7.94. The van der Waals surface area contributed by atoms with Gasteiger partial charge in [-0.15, -0.1) is 0 Å². The number of fused-ring (bicyclic) bond motifs is 1. The molecular weight excluding hydrogens is 302 g/mol. The quantitative estimate of drug-likeness (QED) is 0.942. The summed E-state index contributed by atoms with van der Waals surface area (Å²) >= 11 is 5.91. The van der Waals surface area contributed by atoms with Crippen molar-refractivity contribution in [1.29, 1.82) is 0 Å². The second-order valence-electron chi connectivity index (χ2n) is 5.31. The first-order valence-electron chi connectivity index (χ1n) is 7.39. The Morgan fingerprint density at radius 2 is 2.23 bits per heavy atom. The number of hydrogen-bond acceptors (Lipinski definition) is 3. The molecule has 2 heterocycles. The standard InChI is InChI=1S/C16H18ClN3O2/c1-2-7-18-16(21)14-8-13-10-22-15(9-20(13)19-14)11-3-5-12(17)6-4-11/h3-6,8,15H,2,7,9-10H2,1H3,(H,18,21)/t15-/m1/s1. The van der Waals surface area contributed by atoms with Gasteiger partial charge in [0.1, 0.15) is 6.10 Å². The van der Waals surface area contributed by atoms with Gasteiger partial charge in [-0.2, -0.15) is 5.10 Å². The lowest BCUT2D eigenvalue weighted by atomic mass is 10.1. The van der Waals surface area contributed by atoms with Crippen LogP contribution in [0.15, 0.2) is 30.3 Å². The van der Waals surface area contributed by atoms with Crippen LogP contribution in [-0.2, 0) is 17.9 Å². The molecule has 1 N–H and O–H groups in total. The lowest BCUT2D eigenvalue weighted by molar-refractivity contribution is -0.00119. The third-order valence-electron chi connectivity index (χ3n) is 3.64. The number of benzene rings is 1. The molecule has 2 aromatic rings. The van der Waals surface area contributed by atoms with Crippen LogP contribution in [0.2, 0.25) is 5.02 Å². The molecule has 0 spiro atoms. The average Bonchev–Trinajstić information content (AvgIpc) is 2.96. The van der Waals surface area contributed by atoms with Gasteiger partial charge in [0.25, 0.3) is 5.91 Å². The highest BCUT2D eigenvalue weighted by Gasteiger charge is 2.23. The number of nitrogens with zero attached hydrogens (tertiary/aromatic N) is 2. The van der Waals surface area contributed by atoms with Gasteiger partial charge in [-0.3, -0.25) is 9.48 Å². The third-order valence-corrected chi connectivity index (χ3v) is 3.90. The van der Waals surface area contributed by atoms with E-state index in [1.807, 2.05) is 35.9 Å². The monoisotopic (exact) mass is 319 g/mol. The van der Waals surface area contributed by atoms with Gasteiger partial charge in [0.05, 0.1) is 18.8 Å². The maximum atomic E-state index is 12.0. The van der Waals surface area contributed by atoms with E-state index in [9.17, 15) is 4.79 Å². The summed E-state index contributed by atoms with van der Waals surface area (Å²) in [4.78, 5) is 12.0. The minimum atomic E-state index is -0.133. The molecule has 0 radical (unpaired) electrons. The lowest BCUT2D eigenvalue weighted by Gasteiger charge is -2.24. The molecule has 1 aliphatic rings. The molecule has 0 fully saturated rings. The van der Waals surface area contributed by atoms with Crippen LogP contribution >= 0.6 is 11.6 Å². The summed E-state index contributed by atoms with van der Waals surface area (Å²) in [6, 6.07) is 9.40. The van der Waals surface area contributed by atoms with Crippen LogP contribution in [0.1, 0.15) is 41.2 Å². The predicted octanol–water partition coefficient (Wildman–Crippen LogP) is 2.95. The Labute approximate surface area is 134 Å². The van der Waals surface area contributed by atoms with Gasteiger partial charge in [0.15, 0.2) is 5.69 Å². The fraction of sp³-hybridized carbons (Fsp3) is 0.375. The number of halogens is 1. The van der Waals surface area contributed by atoms with Crippen molar-refractivity contribution in [2.24, 2.45) is 0 Å². The van der Waals surface area contributed by atoms with Crippen LogP contribution < -0.4 is 5.32 Å². The molecule has 1 aliphatic heterocycles. The third kappa shape index (κ3) is 3.15. The van der Waals surface area contributed by atoms with E-state index in [1.54, 1.807) is 6.07 Å². The molecule has 1 aromatic heterocycles. The Hall–Kier alpha value is -1.85. The fourth-order valence-corrected chi connectivity index (χ4v) is 2.57. The number of ether oxygens (including phenoxy) is 1. The van der Waals surface area contributed by atoms with Gasteiger partial charge in [-0.1, -0.05) is 30.7 Å². The predicted molar refractivity (Wildman–Crippen MR) is 83.8 cm³/mol. The molecule has 0 saturated carbocycles. The number of hydrogen-bond donors (Lipinski definition) is 1. The zero-order valence-electron chi connectivity index (χ0n) is 12.4. The molecule has 0 saturated heterocycles. The van der Waals surface area contributed by atoms with Crippen LogP contribution in [0.4, 0.5) is 0 Å². The van der Waals surface area contributed by atoms with Crippen LogP contribution in [-0.4, -0.2) is 22.2 Å². The maximum absolute atomic E-state index is 12.0. The van der Waals surface area contributed by atoms with Crippen molar-refractivity contribution in [3.8, 4) is 0 Å². The van der Waals surface area contributed by atoms with E-state index < -0.39 is 0 Å². The fourth-order valence-electron chi connectivity index (χ4n) is 2.44. The van der Waals surface area contributed by atoms with Gasteiger partial charge in [0, 0.05) is 11.6 Å². The highest BCUT2D eigenvalue weighted by atomic mass is 35.5. The molecule has 22 heavy (non-hydrogen) atoms. The van der Waals surface area contributed by atoms with E-state index >= 15 is 0 Å². The molecule has 1 atom stereocenters. The van der Waals surface area contributed by atoms with Crippen molar-refractivity contribution in [3.63, 3.8) is 0 Å². The second kappa shape index (κ2) is 6.50. The summed E-state index contributed by atoms with van der Waals surface area (Å²) in [6.45, 7) is 3.72. The number of nitrogens with one attached hydrogen (secondary N) is 1. The molecule has 116 valence electrons. The van der Waals surface area contributed by atoms with E-state index in [2.05, 4.69) is 10.4 Å². The van der Waals surface area contributed by atoms with Gasteiger partial charge >= 0.3 is 0 Å². The lowest BCUT2D eigenvalue weighted by Crippen LogP contribution is -2.25. The minimum absolute atomic E-state index is 0.0729. The smallest absolute Gasteiger partial charge is 0.271 e. The first-order chi connectivity index (χ1) is 10.7. The molecule has 5 nitrogen and oxygen atoms in total. The molecule has 1 aromatic carbocycles. The van der Waals surface area contributed by atoms with E-state index in [0.29, 0.717) is 30.4 Å². The number of rotatable bonds is 4. The number of carbonyl (C=O) groups is 1. The van der Waals surface area contributed by atoms with Gasteiger partial charge in [-0.05, 0) is 30.2 Å². The molecule has 0 unspecified atom stereocenters. The van der Waals surface area contributed by atoms with E-state index in [4.69, 9.17) is 16.3 Å². The zero-order chi connectivity index (χ0) is 15.5. The molecular formula is C16H18ClN3O2. The Morgan fingerprint density at radius 3 is 2.95 bits per heavy atom. The topological polar surface area (TPSA) is 56.2 Å². The van der Waals surface area contributed by atoms with E-state index in [1.165, 1.54) is 0 Å². The number of carbonyl (C=O) groups excluding carboxylic acids is 1. The SMILES string of the molecule is CCCNC(=O)c1cc2n(n1)C[C@H](c1ccc(Cl)cc1)OC2. The van der Waals surface area contributed by atoms with Crippen molar-refractivity contribution in [3.05, 3.63) is 52.3 Å². The molecule has 1 amide bonds. The van der Waals surface area contributed by atoms with Crippen molar-refractivity contribution < 1.29 is 9.53 Å². The molecule has 0 aliphatic carbocycles. The minimum Gasteiger partial charge on any atom is -0.365 e. The van der Waals surface area contributed by atoms with Crippen LogP contribution in [0.5, 0.6) is 0 Å². The average molecular weight is 320 g/mol. The first kappa shape index (κ1) is 15.1. The van der Waals surface area contributed by atoms with Crippen molar-refractivity contribution in [2.75, 3.05) is 6.54 Å². The van der Waals surface area contributed by atoms with Crippen LogP contribution in [0.25, 0.3) is 0 Å². The summed E-state index contributed by atoms with van der Waals surface area (Å²) in [7, 11) is 0. The van der Waals surface area contributed by atoms with Crippen molar-refractivity contribution in [2.45, 2.75) is 32.6 Å². The Balaban J connectivity index is 1.74. The zero-order valence-corrected chi connectivity index (χ0v) is 13.1. The normalized spacial score (nSPS) is 17.1. The van der Waals surface area contributed by atoms with E-state index in [-0.39, 0.29) is 12.0 Å². The van der Waals surface area contributed by atoms with Crippen LogP contribution in [0, 0.1) is 0 Å². The van der Waals surface area contributed by atoms with Gasteiger partial charge in [-0.25, -0.2) is 0 Å². The Morgan fingerprint density at radius 1 is 1.45 bits per heavy atom. The Bertz CT molecular complexity index is 667. The van der Waals surface area contributed by atoms with Gasteiger partial charge in [0.2, 0.25) is 0 Å². The summed E-state index contributed by atoms with van der Waals surface area (Å²) in [6.07, 6.45) is 0.831. The van der Waals surface area contributed by atoms with E-state index in [0.717, 1.165) is 17.7 Å². The summed E-state index contributed by atoms with van der Waals surface area (Å²) in [5.41, 5.74) is 2.43. The van der Waals surface area contributed by atoms with Crippen molar-refractivity contribution >= 4 is 17.5 Å². The summed E-state index contributed by atoms with van der Waals surface area (Å²) < 4.78 is 7.72. The molecule has 0 bridgehead atoms. The molecule has 6 heteroatoms. The number of amides is 1. The maximum Gasteiger partial charge on any atom is 0.271 e. The highest BCUT2D eigenvalue weighted by Crippen LogP contribution is 2.27. The number of aromatic nitrogens is 2. The largest absolute Gasteiger partial charge is 0.365 e. The highest BCUT2D eigenvalue weighted by molar-refractivity contribution is 6.30. The van der Waals surface area contributed by atoms with Gasteiger partial charge < -0.3 is 10.1 Å². The molecule has 3 rings (SSSR count). The Kier molecular flexibility index (Phi) is 4.45. The summed E-state index contributed by atoms with van der Waals surface area (Å²) in [5.74, 6) is -0.133. The van der Waals surface area contributed by atoms with Crippen molar-refractivity contribution in [1.82, 2.24) is 15.1 Å². The van der Waals surface area contributed by atoms with Crippen LogP contribution in [0.3, 0.4) is 0 Å². The first-order valence-corrected chi connectivity index (χ1v) is 7.77.